The maximum atomic E-state index is 12.8. The van der Waals surface area contributed by atoms with Gasteiger partial charge in [0.1, 0.15) is 5.60 Å². The standard InChI is InChI=1S/C16H22BrNO4S.C2H6/c1-16(2,3)22-15(19)18-10-4-5-14(11-18)23(20,21)13-8-6-12(17)7-9-13;1-2/h6-9,14H,4-5,10-11H2,1-3H3;1-2H3. The Morgan fingerprint density at radius 2 is 1.76 bits per heavy atom. The van der Waals surface area contributed by atoms with E-state index in [1.54, 1.807) is 45.0 Å². The second-order valence-corrected chi connectivity index (χ2v) is 9.83. The summed E-state index contributed by atoms with van der Waals surface area (Å²) < 4.78 is 31.7. The quantitative estimate of drug-likeness (QED) is 0.680. The van der Waals surface area contributed by atoms with Crippen LogP contribution >= 0.6 is 15.9 Å². The third-order valence-corrected chi connectivity index (χ3v) is 6.33. The van der Waals surface area contributed by atoms with Gasteiger partial charge in [-0.3, -0.25) is 0 Å². The molecule has 142 valence electrons. The summed E-state index contributed by atoms with van der Waals surface area (Å²) in [5.74, 6) is 0. The zero-order valence-electron chi connectivity index (χ0n) is 15.6. The number of carbonyl (C=O) groups is 1. The topological polar surface area (TPSA) is 63.7 Å². The number of sulfone groups is 1. The third-order valence-electron chi connectivity index (χ3n) is 3.61. The predicted octanol–water partition coefficient (Wildman–Crippen LogP) is 4.65. The Morgan fingerprint density at radius 1 is 1.20 bits per heavy atom. The van der Waals surface area contributed by atoms with Crippen LogP contribution in [-0.4, -0.2) is 43.4 Å². The van der Waals surface area contributed by atoms with Crippen molar-refractivity contribution in [3.8, 4) is 0 Å². The number of likely N-dealkylation sites (tertiary alicyclic amines) is 1. The number of carbonyl (C=O) groups excluding carboxylic acids is 1. The number of amides is 1. The monoisotopic (exact) mass is 433 g/mol. The van der Waals surface area contributed by atoms with Crippen LogP contribution in [0.15, 0.2) is 33.6 Å². The van der Waals surface area contributed by atoms with Gasteiger partial charge < -0.3 is 9.64 Å². The lowest BCUT2D eigenvalue weighted by Gasteiger charge is -2.33. The van der Waals surface area contributed by atoms with Crippen molar-refractivity contribution in [2.45, 2.75) is 63.2 Å². The van der Waals surface area contributed by atoms with Crippen molar-refractivity contribution in [3.63, 3.8) is 0 Å². The van der Waals surface area contributed by atoms with Crippen LogP contribution in [0.1, 0.15) is 47.5 Å². The molecular formula is C18H28BrNO4S. The van der Waals surface area contributed by atoms with E-state index in [1.165, 1.54) is 4.90 Å². The number of rotatable bonds is 2. The van der Waals surface area contributed by atoms with E-state index in [9.17, 15) is 13.2 Å². The molecule has 0 bridgehead atoms. The molecule has 5 nitrogen and oxygen atoms in total. The van der Waals surface area contributed by atoms with Gasteiger partial charge in [-0.25, -0.2) is 13.2 Å². The first-order valence-electron chi connectivity index (χ1n) is 8.57. The van der Waals surface area contributed by atoms with E-state index >= 15 is 0 Å². The summed E-state index contributed by atoms with van der Waals surface area (Å²) >= 11 is 3.30. The smallest absolute Gasteiger partial charge is 0.410 e. The highest BCUT2D eigenvalue weighted by Gasteiger charge is 2.35. The van der Waals surface area contributed by atoms with E-state index in [2.05, 4.69) is 15.9 Å². The molecule has 0 aliphatic carbocycles. The lowest BCUT2D eigenvalue weighted by Crippen LogP contribution is -2.47. The second kappa shape index (κ2) is 9.03. The van der Waals surface area contributed by atoms with Gasteiger partial charge in [-0.2, -0.15) is 0 Å². The van der Waals surface area contributed by atoms with E-state index < -0.39 is 26.8 Å². The lowest BCUT2D eigenvalue weighted by atomic mass is 10.1. The first-order chi connectivity index (χ1) is 11.6. The van der Waals surface area contributed by atoms with Gasteiger partial charge in [0.15, 0.2) is 9.84 Å². The molecule has 1 unspecified atom stereocenters. The van der Waals surface area contributed by atoms with E-state index in [-0.39, 0.29) is 11.4 Å². The average molecular weight is 434 g/mol. The van der Waals surface area contributed by atoms with Gasteiger partial charge in [-0.05, 0) is 57.9 Å². The molecule has 1 amide bonds. The summed E-state index contributed by atoms with van der Waals surface area (Å²) in [6.45, 7) is 10.1. The van der Waals surface area contributed by atoms with Crippen LogP contribution in [0.25, 0.3) is 0 Å². The number of hydrogen-bond donors (Lipinski definition) is 0. The van der Waals surface area contributed by atoms with Crippen molar-refractivity contribution in [3.05, 3.63) is 28.7 Å². The predicted molar refractivity (Wildman–Crippen MR) is 104 cm³/mol. The van der Waals surface area contributed by atoms with Gasteiger partial charge in [0.25, 0.3) is 0 Å². The summed E-state index contributed by atoms with van der Waals surface area (Å²) in [4.78, 5) is 14.0. The van der Waals surface area contributed by atoms with Gasteiger partial charge in [0.2, 0.25) is 0 Å². The van der Waals surface area contributed by atoms with Crippen LogP contribution in [0.4, 0.5) is 4.79 Å². The van der Waals surface area contributed by atoms with E-state index in [0.29, 0.717) is 19.4 Å². The van der Waals surface area contributed by atoms with Crippen molar-refractivity contribution in [1.29, 1.82) is 0 Å². The Morgan fingerprint density at radius 3 is 2.28 bits per heavy atom. The molecule has 1 atom stereocenters. The molecule has 1 saturated heterocycles. The fourth-order valence-electron chi connectivity index (χ4n) is 2.50. The Hall–Kier alpha value is -1.08. The SMILES string of the molecule is CC.CC(C)(C)OC(=O)N1CCCC(S(=O)(=O)c2ccc(Br)cc2)C1. The van der Waals surface area contributed by atoms with Crippen LogP contribution in [-0.2, 0) is 14.6 Å². The molecule has 1 aromatic carbocycles. The number of halogens is 1. The van der Waals surface area contributed by atoms with E-state index in [4.69, 9.17) is 4.74 Å². The molecule has 0 radical (unpaired) electrons. The molecule has 2 rings (SSSR count). The van der Waals surface area contributed by atoms with Gasteiger partial charge >= 0.3 is 6.09 Å². The number of benzene rings is 1. The highest BCUT2D eigenvalue weighted by Crippen LogP contribution is 2.26. The Kier molecular flexibility index (Phi) is 7.93. The first-order valence-corrected chi connectivity index (χ1v) is 10.9. The lowest BCUT2D eigenvalue weighted by molar-refractivity contribution is 0.0219. The number of nitrogens with zero attached hydrogens (tertiary/aromatic N) is 1. The van der Waals surface area contributed by atoms with E-state index in [1.807, 2.05) is 13.8 Å². The van der Waals surface area contributed by atoms with Crippen LogP contribution in [0.5, 0.6) is 0 Å². The second-order valence-electron chi connectivity index (χ2n) is 6.69. The minimum Gasteiger partial charge on any atom is -0.444 e. The zero-order chi connectivity index (χ0) is 19.3. The molecule has 0 spiro atoms. The zero-order valence-corrected chi connectivity index (χ0v) is 18.0. The summed E-state index contributed by atoms with van der Waals surface area (Å²) in [7, 11) is -3.46. The van der Waals surface area contributed by atoms with Gasteiger partial charge in [0.05, 0.1) is 10.1 Å². The van der Waals surface area contributed by atoms with Crippen LogP contribution in [0.2, 0.25) is 0 Å². The van der Waals surface area contributed by atoms with Crippen LogP contribution < -0.4 is 0 Å². The minimum absolute atomic E-state index is 0.174. The van der Waals surface area contributed by atoms with Crippen molar-refractivity contribution >= 4 is 31.9 Å². The number of ether oxygens (including phenoxy) is 1. The Balaban J connectivity index is 0.00000151. The number of piperidine rings is 1. The molecule has 1 aliphatic heterocycles. The molecule has 0 aromatic heterocycles. The van der Waals surface area contributed by atoms with Crippen molar-refractivity contribution in [2.24, 2.45) is 0 Å². The molecule has 1 heterocycles. The summed E-state index contributed by atoms with van der Waals surface area (Å²) in [6, 6.07) is 6.60. The fraction of sp³-hybridized carbons (Fsp3) is 0.611. The Bertz CT molecular complexity index is 665. The number of hydrogen-bond acceptors (Lipinski definition) is 4. The molecule has 1 aromatic rings. The normalized spacial score (nSPS) is 18.2. The molecule has 1 fully saturated rings. The van der Waals surface area contributed by atoms with Crippen molar-refractivity contribution in [2.75, 3.05) is 13.1 Å². The summed E-state index contributed by atoms with van der Waals surface area (Å²) in [5, 5.41) is -0.593. The molecule has 25 heavy (non-hydrogen) atoms. The van der Waals surface area contributed by atoms with Crippen molar-refractivity contribution < 1.29 is 17.9 Å². The third kappa shape index (κ3) is 6.29. The van der Waals surface area contributed by atoms with Gasteiger partial charge in [-0.1, -0.05) is 29.8 Å². The van der Waals surface area contributed by atoms with Crippen LogP contribution in [0.3, 0.4) is 0 Å². The van der Waals surface area contributed by atoms with E-state index in [0.717, 1.165) is 4.47 Å². The average Bonchev–Trinajstić information content (AvgIpc) is 2.56. The maximum absolute atomic E-state index is 12.8. The molecule has 1 aliphatic rings. The maximum Gasteiger partial charge on any atom is 0.410 e. The summed E-state index contributed by atoms with van der Waals surface area (Å²) in [6.07, 6.45) is 0.755. The largest absolute Gasteiger partial charge is 0.444 e. The van der Waals surface area contributed by atoms with Crippen molar-refractivity contribution in [1.82, 2.24) is 4.90 Å². The highest BCUT2D eigenvalue weighted by molar-refractivity contribution is 9.10. The fourth-order valence-corrected chi connectivity index (χ4v) is 4.52. The molecule has 0 saturated carbocycles. The summed E-state index contributed by atoms with van der Waals surface area (Å²) in [5.41, 5.74) is -0.589. The molecule has 7 heteroatoms. The Labute approximate surface area is 159 Å². The highest BCUT2D eigenvalue weighted by atomic mass is 79.9. The van der Waals surface area contributed by atoms with Gasteiger partial charge in [0, 0.05) is 17.6 Å². The van der Waals surface area contributed by atoms with Crippen LogP contribution in [0, 0.1) is 0 Å². The first kappa shape index (κ1) is 22.0. The van der Waals surface area contributed by atoms with Gasteiger partial charge in [-0.15, -0.1) is 0 Å². The molecular weight excluding hydrogens is 406 g/mol. The molecule has 0 N–H and O–H groups in total. The minimum atomic E-state index is -3.46.